The highest BCUT2D eigenvalue weighted by atomic mass is 19.1. The quantitative estimate of drug-likeness (QED) is 0.864. The van der Waals surface area contributed by atoms with Gasteiger partial charge in [0, 0.05) is 11.1 Å². The van der Waals surface area contributed by atoms with Crippen LogP contribution in [0, 0.1) is 5.82 Å². The highest BCUT2D eigenvalue weighted by molar-refractivity contribution is 6.00. The predicted molar refractivity (Wildman–Crippen MR) is 64.0 cm³/mol. The van der Waals surface area contributed by atoms with Crippen molar-refractivity contribution in [3.05, 3.63) is 29.1 Å². The van der Waals surface area contributed by atoms with Gasteiger partial charge in [0.25, 0.3) is 0 Å². The summed E-state index contributed by atoms with van der Waals surface area (Å²) in [4.78, 5) is 22.2. The van der Waals surface area contributed by atoms with E-state index in [2.05, 4.69) is 5.32 Å². The Bertz CT molecular complexity index is 537. The van der Waals surface area contributed by atoms with Crippen LogP contribution in [-0.4, -0.2) is 17.0 Å². The smallest absolute Gasteiger partial charge is 0.304 e. The van der Waals surface area contributed by atoms with Gasteiger partial charge in [-0.3, -0.25) is 9.59 Å². The molecule has 0 bridgehead atoms. The number of carboxylic acid groups (broad SMARTS) is 1. The van der Waals surface area contributed by atoms with Gasteiger partial charge in [0.05, 0.1) is 12.8 Å². The van der Waals surface area contributed by atoms with Crippen LogP contribution in [0.5, 0.6) is 0 Å². The van der Waals surface area contributed by atoms with Crippen LogP contribution < -0.4 is 5.32 Å². The fourth-order valence-corrected chi connectivity index (χ4v) is 2.31. The van der Waals surface area contributed by atoms with Crippen LogP contribution in [0.25, 0.3) is 0 Å². The second kappa shape index (κ2) is 4.08. The Morgan fingerprint density at radius 1 is 1.50 bits per heavy atom. The molecule has 96 valence electrons. The van der Waals surface area contributed by atoms with Crippen LogP contribution in [0.4, 0.5) is 10.1 Å². The van der Waals surface area contributed by atoms with Crippen molar-refractivity contribution >= 4 is 17.6 Å². The molecule has 1 amide bonds. The number of hydrogen-bond donors (Lipinski definition) is 2. The molecule has 0 aromatic heterocycles. The molecule has 0 spiro atoms. The Hall–Kier alpha value is -1.91. The average Bonchev–Trinajstić information content (AvgIpc) is 2.54. The van der Waals surface area contributed by atoms with Crippen molar-refractivity contribution in [1.82, 2.24) is 0 Å². The van der Waals surface area contributed by atoms with Gasteiger partial charge in [-0.15, -0.1) is 0 Å². The van der Waals surface area contributed by atoms with Crippen LogP contribution in [-0.2, 0) is 21.4 Å². The Kier molecular flexibility index (Phi) is 2.84. The first kappa shape index (κ1) is 12.5. The van der Waals surface area contributed by atoms with E-state index in [0.717, 1.165) is 0 Å². The zero-order valence-corrected chi connectivity index (χ0v) is 10.2. The molecule has 1 heterocycles. The molecule has 5 heteroatoms. The van der Waals surface area contributed by atoms with Gasteiger partial charge in [0.1, 0.15) is 5.82 Å². The molecule has 2 rings (SSSR count). The Morgan fingerprint density at radius 2 is 2.17 bits per heavy atom. The zero-order chi connectivity index (χ0) is 13.5. The van der Waals surface area contributed by atoms with E-state index in [0.29, 0.717) is 16.8 Å². The fraction of sp³-hybridized carbons (Fsp3) is 0.385. The predicted octanol–water partition coefficient (Wildman–Crippen LogP) is 2.07. The number of carbonyl (C=O) groups is 2. The number of carbonyl (C=O) groups excluding carboxylic acids is 1. The van der Waals surface area contributed by atoms with Gasteiger partial charge in [-0.2, -0.15) is 0 Å². The molecule has 0 atom stereocenters. The number of carboxylic acids is 1. The lowest BCUT2D eigenvalue weighted by atomic mass is 9.80. The molecule has 0 radical (unpaired) electrons. The van der Waals surface area contributed by atoms with Crippen molar-refractivity contribution in [3.63, 3.8) is 0 Å². The van der Waals surface area contributed by atoms with Crippen LogP contribution in [0.2, 0.25) is 0 Å². The summed E-state index contributed by atoms with van der Waals surface area (Å²) in [6, 6.07) is 2.61. The molecule has 2 N–H and O–H groups in total. The Morgan fingerprint density at radius 3 is 2.78 bits per heavy atom. The van der Waals surface area contributed by atoms with E-state index in [1.807, 2.05) is 0 Å². The maximum absolute atomic E-state index is 13.5. The van der Waals surface area contributed by atoms with Crippen LogP contribution in [0.3, 0.4) is 0 Å². The van der Waals surface area contributed by atoms with Gasteiger partial charge in [0.15, 0.2) is 0 Å². The molecule has 1 aliphatic heterocycles. The highest BCUT2D eigenvalue weighted by Gasteiger charge is 2.32. The largest absolute Gasteiger partial charge is 0.481 e. The summed E-state index contributed by atoms with van der Waals surface area (Å²) < 4.78 is 13.5. The molecule has 0 fully saturated rings. The molecule has 0 saturated carbocycles. The van der Waals surface area contributed by atoms with Crippen molar-refractivity contribution in [2.45, 2.75) is 32.1 Å². The summed E-state index contributed by atoms with van der Waals surface area (Å²) in [6.45, 7) is 3.45. The summed E-state index contributed by atoms with van der Waals surface area (Å²) in [6.07, 6.45) is 0.0159. The molecule has 4 nitrogen and oxygen atoms in total. The number of anilines is 1. The lowest BCUT2D eigenvalue weighted by Gasteiger charge is -2.25. The Labute approximate surface area is 104 Å². The first-order valence-electron chi connectivity index (χ1n) is 5.64. The maximum Gasteiger partial charge on any atom is 0.304 e. The monoisotopic (exact) mass is 251 g/mol. The van der Waals surface area contributed by atoms with E-state index >= 15 is 0 Å². The zero-order valence-electron chi connectivity index (χ0n) is 10.2. The molecule has 1 aromatic carbocycles. The van der Waals surface area contributed by atoms with Crippen LogP contribution >= 0.6 is 0 Å². The van der Waals surface area contributed by atoms with E-state index < -0.39 is 17.2 Å². The number of fused-ring (bicyclic) bond motifs is 1. The minimum atomic E-state index is -0.956. The molecule has 18 heavy (non-hydrogen) atoms. The summed E-state index contributed by atoms with van der Waals surface area (Å²) >= 11 is 0. The van der Waals surface area contributed by atoms with Gasteiger partial charge in [-0.25, -0.2) is 4.39 Å². The normalized spacial score (nSPS) is 14.3. The van der Waals surface area contributed by atoms with E-state index in [1.54, 1.807) is 13.8 Å². The lowest BCUT2D eigenvalue weighted by molar-refractivity contribution is -0.138. The first-order valence-corrected chi connectivity index (χ1v) is 5.64. The van der Waals surface area contributed by atoms with Crippen molar-refractivity contribution in [2.24, 2.45) is 0 Å². The van der Waals surface area contributed by atoms with E-state index in [1.165, 1.54) is 12.1 Å². The summed E-state index contributed by atoms with van der Waals surface area (Å²) in [5.74, 6) is -1.59. The summed E-state index contributed by atoms with van der Waals surface area (Å²) in [5, 5.41) is 11.6. The van der Waals surface area contributed by atoms with Gasteiger partial charge in [-0.1, -0.05) is 13.8 Å². The maximum atomic E-state index is 13.5. The second-order valence-electron chi connectivity index (χ2n) is 5.17. The van der Waals surface area contributed by atoms with Crippen molar-refractivity contribution in [2.75, 3.05) is 5.32 Å². The number of aliphatic carboxylic acids is 1. The number of hydrogen-bond acceptors (Lipinski definition) is 2. The number of rotatable bonds is 3. The second-order valence-corrected chi connectivity index (χ2v) is 5.17. The number of halogens is 1. The van der Waals surface area contributed by atoms with Crippen LogP contribution in [0.15, 0.2) is 12.1 Å². The topological polar surface area (TPSA) is 66.4 Å². The lowest BCUT2D eigenvalue weighted by Crippen LogP contribution is -2.23. The highest BCUT2D eigenvalue weighted by Crippen LogP contribution is 2.38. The summed E-state index contributed by atoms with van der Waals surface area (Å²) in [5.41, 5.74) is 0.946. The number of amides is 1. The minimum Gasteiger partial charge on any atom is -0.481 e. The minimum absolute atomic E-state index is 0.126. The molecule has 0 unspecified atom stereocenters. The molecule has 0 aliphatic carbocycles. The van der Waals surface area contributed by atoms with E-state index in [9.17, 15) is 14.0 Å². The molecule has 1 aliphatic rings. The molecular formula is C13H14FNO3. The third-order valence-electron chi connectivity index (χ3n) is 3.12. The molecule has 0 saturated heterocycles. The number of nitrogens with one attached hydrogen (secondary N) is 1. The number of benzene rings is 1. The van der Waals surface area contributed by atoms with E-state index in [-0.39, 0.29) is 18.7 Å². The van der Waals surface area contributed by atoms with Crippen LogP contribution in [0.1, 0.15) is 31.4 Å². The molecular weight excluding hydrogens is 237 g/mol. The van der Waals surface area contributed by atoms with Crippen molar-refractivity contribution in [3.8, 4) is 0 Å². The summed E-state index contributed by atoms with van der Waals surface area (Å²) in [7, 11) is 0. The van der Waals surface area contributed by atoms with Crippen molar-refractivity contribution < 1.29 is 19.1 Å². The standard InChI is InChI=1S/C13H14FNO3/c1-13(2,6-11(17)18)9-5-8(14)3-7-4-10(16)15-12(7)9/h3,5H,4,6H2,1-2H3,(H,15,16)(H,17,18). The average molecular weight is 251 g/mol. The van der Waals surface area contributed by atoms with Gasteiger partial charge >= 0.3 is 5.97 Å². The van der Waals surface area contributed by atoms with E-state index in [4.69, 9.17) is 5.11 Å². The third-order valence-corrected chi connectivity index (χ3v) is 3.12. The van der Waals surface area contributed by atoms with Gasteiger partial charge < -0.3 is 10.4 Å². The SMILES string of the molecule is CC(C)(CC(=O)O)c1cc(F)cc2c1NC(=O)C2. The third kappa shape index (κ3) is 2.20. The van der Waals surface area contributed by atoms with Gasteiger partial charge in [0.2, 0.25) is 5.91 Å². The first-order chi connectivity index (χ1) is 8.29. The van der Waals surface area contributed by atoms with Gasteiger partial charge in [-0.05, 0) is 23.3 Å². The van der Waals surface area contributed by atoms with Crippen molar-refractivity contribution in [1.29, 1.82) is 0 Å². The Balaban J connectivity index is 2.52. The molecule has 1 aromatic rings. The fourth-order valence-electron chi connectivity index (χ4n) is 2.31.